The molecule has 0 heterocycles. The minimum Gasteiger partial charge on any atom is -0.0620 e. The molecule has 3 nitrogen and oxygen atoms in total. The van der Waals surface area contributed by atoms with Crippen LogP contribution in [0.25, 0.3) is 0 Å². The maximum Gasteiger partial charge on any atom is 6.00 e. The summed E-state index contributed by atoms with van der Waals surface area (Å²) in [6.07, 6.45) is 3.96. The van der Waals surface area contributed by atoms with E-state index in [1.54, 1.807) is 11.1 Å². The van der Waals surface area contributed by atoms with Crippen LogP contribution in [0.3, 0.4) is 0 Å². The summed E-state index contributed by atoms with van der Waals surface area (Å²) in [6, 6.07) is 8.74. The molecule has 0 aliphatic heterocycles. The van der Waals surface area contributed by atoms with Crippen LogP contribution in [0.1, 0.15) is 17.5 Å². The van der Waals surface area contributed by atoms with Crippen molar-refractivity contribution in [2.45, 2.75) is 19.3 Å². The Morgan fingerprint density at radius 2 is 1.06 bits per heavy atom. The van der Waals surface area contributed by atoms with E-state index < -0.39 is 0 Å². The van der Waals surface area contributed by atoms with Gasteiger partial charge in [-0.3, -0.25) is 0 Å². The van der Waals surface area contributed by atoms with Gasteiger partial charge in [-0.15, -0.1) is 0 Å². The van der Waals surface area contributed by atoms with Gasteiger partial charge in [-0.1, -0.05) is 24.3 Å². The van der Waals surface area contributed by atoms with Gasteiger partial charge in [-0.05, 0) is 30.4 Å². The van der Waals surface area contributed by atoms with Gasteiger partial charge in [0, 0.05) is 0 Å². The number of benzene rings is 1. The van der Waals surface area contributed by atoms with Crippen LogP contribution in [0, 0.1) is 20.0 Å². The molecule has 4 heteroatoms. The second-order valence-electron chi connectivity index (χ2n) is 2.62. The van der Waals surface area contributed by atoms with Gasteiger partial charge in [0.05, 0.1) is 0 Å². The number of hydrogen-bond acceptors (Lipinski definition) is 0. The van der Waals surface area contributed by atoms with Gasteiger partial charge in [0.2, 0.25) is 0 Å². The van der Waals surface area contributed by atoms with Crippen LogP contribution in [0.2, 0.25) is 0 Å². The number of hydrogen-bond donors (Lipinski definition) is 0. The van der Waals surface area contributed by atoms with E-state index >= 15 is 0 Å². The Balaban J connectivity index is -0.000000214. The Hall–Kier alpha value is -1.03. The zero-order valence-corrected chi connectivity index (χ0v) is 9.84. The van der Waals surface area contributed by atoms with Crippen LogP contribution >= 0.6 is 0 Å². The summed E-state index contributed by atoms with van der Waals surface area (Å²) < 4.78 is 22.5. The second-order valence-corrected chi connectivity index (χ2v) is 2.62. The van der Waals surface area contributed by atoms with Gasteiger partial charge < -0.3 is 0 Å². The van der Waals surface area contributed by atoms with Crippen LogP contribution in [-0.4, -0.2) is 0 Å². The molecule has 0 unspecified atom stereocenters. The maximum absolute atomic E-state index is 7.50. The predicted molar refractivity (Wildman–Crippen MR) is 50.3 cm³/mol. The Morgan fingerprint density at radius 3 is 1.38 bits per heavy atom. The topological polar surface area (TPSA) is 59.7 Å². The fourth-order valence-electron chi connectivity index (χ4n) is 1.51. The van der Waals surface area contributed by atoms with E-state index in [0.717, 1.165) is 0 Å². The third-order valence-corrected chi connectivity index (χ3v) is 2.01. The van der Waals surface area contributed by atoms with Crippen molar-refractivity contribution in [1.82, 2.24) is 0 Å². The molecule has 16 heavy (non-hydrogen) atoms. The molecule has 1 aromatic rings. The Labute approximate surface area is 106 Å². The quantitative estimate of drug-likeness (QED) is 0.502. The molecule has 0 N–H and O–H groups in total. The van der Waals surface area contributed by atoms with E-state index in [1.807, 2.05) is 0 Å². The summed E-state index contributed by atoms with van der Waals surface area (Å²) in [5.41, 5.74) is 3.13. The van der Waals surface area contributed by atoms with E-state index in [9.17, 15) is 0 Å². The molecular weight excluding hydrogens is 244 g/mol. The van der Waals surface area contributed by atoms with Crippen LogP contribution < -0.4 is 0 Å². The number of rotatable bonds is 0. The molecule has 0 atom stereocenters. The average Bonchev–Trinajstić information content (AvgIpc) is 2.85. The summed E-state index contributed by atoms with van der Waals surface area (Å²) in [5, 5.41) is 0. The van der Waals surface area contributed by atoms with Gasteiger partial charge in [0.25, 0.3) is 0 Å². The first kappa shape index (κ1) is 20.4. The van der Waals surface area contributed by atoms with Crippen LogP contribution in [0.5, 0.6) is 0 Å². The molecule has 0 spiro atoms. The minimum atomic E-state index is 0. The van der Waals surface area contributed by atoms with Crippen LogP contribution in [-0.2, 0) is 44.2 Å². The van der Waals surface area contributed by atoms with E-state index in [-0.39, 0.29) is 17.4 Å². The van der Waals surface area contributed by atoms with Crippen molar-refractivity contribution in [1.29, 1.82) is 0 Å². The van der Waals surface area contributed by atoms with Gasteiger partial charge in [-0.25, -0.2) is 0 Å². The Kier molecular flexibility index (Phi) is 20.9. The molecule has 2 rings (SSSR count). The van der Waals surface area contributed by atoms with E-state index in [0.29, 0.717) is 0 Å². The van der Waals surface area contributed by atoms with E-state index in [2.05, 4.69) is 44.2 Å². The van der Waals surface area contributed by atoms with Crippen molar-refractivity contribution in [3.63, 3.8) is 0 Å². The first-order valence-electron chi connectivity index (χ1n) is 4.15. The fraction of sp³-hybridized carbons (Fsp3) is 0.250. The molecule has 1 aliphatic carbocycles. The summed E-state index contributed by atoms with van der Waals surface area (Å²) >= 11 is 0. The van der Waals surface area contributed by atoms with Crippen molar-refractivity contribution in [2.75, 3.05) is 0 Å². The van der Waals surface area contributed by atoms with Gasteiger partial charge >= 0.3 is 51.3 Å². The van der Waals surface area contributed by atoms with E-state index in [1.165, 1.54) is 19.3 Å². The molecule has 1 aliphatic rings. The smallest absolute Gasteiger partial charge is 0.0620 e. The SMILES string of the molecule is [C-]#[O+].[C-]#[O+].[C-]#[O+].[Cr+6].c1ccc2c(c1)CCC2. The maximum atomic E-state index is 7.50. The summed E-state index contributed by atoms with van der Waals surface area (Å²) in [5.74, 6) is 0. The molecule has 0 saturated carbocycles. The monoisotopic (exact) mass is 254 g/mol. The van der Waals surface area contributed by atoms with Gasteiger partial charge in [0.15, 0.2) is 0 Å². The molecule has 0 bridgehead atoms. The average molecular weight is 254 g/mol. The summed E-state index contributed by atoms with van der Waals surface area (Å²) in [7, 11) is 0. The Morgan fingerprint density at radius 1 is 0.750 bits per heavy atom. The first-order chi connectivity index (χ1) is 7.47. The Bertz CT molecular complexity index is 291. The number of fused-ring (bicyclic) bond motifs is 1. The van der Waals surface area contributed by atoms with Crippen molar-refractivity contribution in [2.24, 2.45) is 0 Å². The van der Waals surface area contributed by atoms with Crippen molar-refractivity contribution >= 4 is 0 Å². The molecule has 76 valence electrons. The zero-order chi connectivity index (χ0) is 12.1. The van der Waals surface area contributed by atoms with E-state index in [4.69, 9.17) is 14.0 Å². The predicted octanol–water partition coefficient (Wildman–Crippen LogP) is 2.06. The molecular formula is C12H10CrO3+6. The largest absolute Gasteiger partial charge is 6.00 e. The molecule has 0 radical (unpaired) electrons. The van der Waals surface area contributed by atoms with Gasteiger partial charge in [-0.2, -0.15) is 0 Å². The summed E-state index contributed by atoms with van der Waals surface area (Å²) in [4.78, 5) is 0. The molecule has 0 amide bonds. The fourth-order valence-corrected chi connectivity index (χ4v) is 1.51. The van der Waals surface area contributed by atoms with Crippen LogP contribution in [0.4, 0.5) is 0 Å². The normalized spacial score (nSPS) is 9.12. The minimum absolute atomic E-state index is 0. The summed E-state index contributed by atoms with van der Waals surface area (Å²) in [6.45, 7) is 13.5. The standard InChI is InChI=1S/C9H10.3CO.Cr/c1-2-5-9-7-3-6-8(9)4-1;3*1-2;/h1-2,4-5H,3,6-7H2;;;;/q;;;;+6. The molecule has 0 fully saturated rings. The van der Waals surface area contributed by atoms with Crippen LogP contribution in [0.15, 0.2) is 24.3 Å². The second kappa shape index (κ2) is 16.4. The molecule has 0 aromatic heterocycles. The molecule has 0 saturated heterocycles. The third kappa shape index (κ3) is 7.29. The first-order valence-corrected chi connectivity index (χ1v) is 4.15. The van der Waals surface area contributed by atoms with Crippen molar-refractivity contribution in [3.8, 4) is 0 Å². The number of aryl methyl sites for hydroxylation is 2. The van der Waals surface area contributed by atoms with Crippen molar-refractivity contribution in [3.05, 3.63) is 55.3 Å². The van der Waals surface area contributed by atoms with Gasteiger partial charge in [0.1, 0.15) is 0 Å². The van der Waals surface area contributed by atoms with Crippen molar-refractivity contribution < 1.29 is 31.3 Å². The molecule has 1 aromatic carbocycles. The zero-order valence-electron chi connectivity index (χ0n) is 8.56. The third-order valence-electron chi connectivity index (χ3n) is 2.01.